The molecule has 5 nitrogen and oxygen atoms in total. The van der Waals surface area contributed by atoms with Crippen molar-refractivity contribution in [3.05, 3.63) is 57.8 Å². The van der Waals surface area contributed by atoms with Gasteiger partial charge in [0.2, 0.25) is 5.91 Å². The molecule has 0 atom stereocenters. The van der Waals surface area contributed by atoms with E-state index >= 15 is 0 Å². The summed E-state index contributed by atoms with van der Waals surface area (Å²) in [7, 11) is 0. The van der Waals surface area contributed by atoms with Crippen LogP contribution in [0.5, 0.6) is 0 Å². The summed E-state index contributed by atoms with van der Waals surface area (Å²) in [5, 5.41) is 11.6. The molecule has 0 saturated carbocycles. The number of carbonyl (C=O) groups excluding carboxylic acids is 1. The summed E-state index contributed by atoms with van der Waals surface area (Å²) >= 11 is 1.16. The van der Waals surface area contributed by atoms with Gasteiger partial charge in [0.25, 0.3) is 0 Å². The van der Waals surface area contributed by atoms with Crippen LogP contribution in [0, 0.1) is 0 Å². The highest BCUT2D eigenvalue weighted by molar-refractivity contribution is 7.13. The largest absolute Gasteiger partial charge is 0.477 e. The molecule has 116 valence electrons. The number of benzene rings is 1. The summed E-state index contributed by atoms with van der Waals surface area (Å²) in [6.45, 7) is 1.18. The number of carboxylic acid groups (broad SMARTS) is 1. The van der Waals surface area contributed by atoms with Crippen molar-refractivity contribution in [2.75, 3.05) is 6.61 Å². The van der Waals surface area contributed by atoms with E-state index in [1.807, 2.05) is 30.3 Å². The molecule has 2 N–H and O–H groups in total. The van der Waals surface area contributed by atoms with Crippen LogP contribution in [0.3, 0.4) is 0 Å². The molecule has 0 saturated heterocycles. The average molecular weight is 319 g/mol. The van der Waals surface area contributed by atoms with Crippen LogP contribution >= 0.6 is 11.3 Å². The first-order valence-electron chi connectivity index (χ1n) is 6.85. The molecule has 0 aliphatic heterocycles. The van der Waals surface area contributed by atoms with Crippen LogP contribution < -0.4 is 5.32 Å². The zero-order valence-corrected chi connectivity index (χ0v) is 12.8. The SMILES string of the molecule is O=C(CCOCc1ccccc1)NCc1ccc(C(=O)O)s1. The second-order valence-electron chi connectivity index (χ2n) is 4.64. The van der Waals surface area contributed by atoms with Gasteiger partial charge < -0.3 is 15.2 Å². The highest BCUT2D eigenvalue weighted by Crippen LogP contribution is 2.16. The third-order valence-electron chi connectivity index (χ3n) is 2.92. The molecule has 1 amide bonds. The summed E-state index contributed by atoms with van der Waals surface area (Å²) in [4.78, 5) is 23.5. The zero-order valence-electron chi connectivity index (χ0n) is 12.0. The van der Waals surface area contributed by atoms with Gasteiger partial charge in [-0.1, -0.05) is 30.3 Å². The van der Waals surface area contributed by atoms with Gasteiger partial charge in [-0.15, -0.1) is 11.3 Å². The fourth-order valence-electron chi connectivity index (χ4n) is 1.79. The van der Waals surface area contributed by atoms with Gasteiger partial charge >= 0.3 is 5.97 Å². The molecule has 0 spiro atoms. The van der Waals surface area contributed by atoms with E-state index in [1.54, 1.807) is 6.07 Å². The van der Waals surface area contributed by atoms with Crippen LogP contribution in [0.4, 0.5) is 0 Å². The average Bonchev–Trinajstić information content (AvgIpc) is 3.00. The Bertz CT molecular complexity index is 624. The number of carboxylic acids is 1. The van der Waals surface area contributed by atoms with Crippen molar-refractivity contribution in [3.63, 3.8) is 0 Å². The minimum absolute atomic E-state index is 0.113. The summed E-state index contributed by atoms with van der Waals surface area (Å²) in [6, 6.07) is 13.0. The Labute approximate surface area is 132 Å². The predicted octanol–water partition coefficient (Wildman–Crippen LogP) is 2.67. The Kier molecular flexibility index (Phi) is 6.12. The fourth-order valence-corrected chi connectivity index (χ4v) is 2.58. The highest BCUT2D eigenvalue weighted by Gasteiger charge is 2.08. The van der Waals surface area contributed by atoms with Gasteiger partial charge in [-0.25, -0.2) is 4.79 Å². The maximum atomic E-state index is 11.7. The third kappa shape index (κ3) is 5.31. The lowest BCUT2D eigenvalue weighted by atomic mass is 10.2. The molecule has 0 aliphatic carbocycles. The van der Waals surface area contributed by atoms with E-state index in [0.717, 1.165) is 21.8 Å². The molecule has 0 radical (unpaired) electrons. The first-order valence-corrected chi connectivity index (χ1v) is 7.67. The van der Waals surface area contributed by atoms with Crippen molar-refractivity contribution in [1.29, 1.82) is 0 Å². The van der Waals surface area contributed by atoms with Gasteiger partial charge in [-0.3, -0.25) is 4.79 Å². The van der Waals surface area contributed by atoms with Gasteiger partial charge in [0.15, 0.2) is 0 Å². The summed E-state index contributed by atoms with van der Waals surface area (Å²) in [6.07, 6.45) is 0.282. The van der Waals surface area contributed by atoms with Crippen molar-refractivity contribution >= 4 is 23.2 Å². The summed E-state index contributed by atoms with van der Waals surface area (Å²) < 4.78 is 5.44. The molecule has 1 aromatic carbocycles. The number of hydrogen-bond donors (Lipinski definition) is 2. The van der Waals surface area contributed by atoms with E-state index < -0.39 is 5.97 Å². The summed E-state index contributed by atoms with van der Waals surface area (Å²) in [5.74, 6) is -1.06. The molecular weight excluding hydrogens is 302 g/mol. The Balaban J connectivity index is 1.62. The van der Waals surface area contributed by atoms with Crippen molar-refractivity contribution in [3.8, 4) is 0 Å². The molecule has 22 heavy (non-hydrogen) atoms. The summed E-state index contributed by atoms with van der Waals surface area (Å²) in [5.41, 5.74) is 1.07. The van der Waals surface area contributed by atoms with Gasteiger partial charge in [0.1, 0.15) is 4.88 Å². The minimum Gasteiger partial charge on any atom is -0.477 e. The number of amides is 1. The molecule has 6 heteroatoms. The van der Waals surface area contributed by atoms with Gasteiger partial charge in [0, 0.05) is 11.3 Å². The number of nitrogens with one attached hydrogen (secondary N) is 1. The van der Waals surface area contributed by atoms with Crippen LogP contribution in [-0.2, 0) is 22.7 Å². The van der Waals surface area contributed by atoms with Crippen molar-refractivity contribution in [1.82, 2.24) is 5.32 Å². The lowest BCUT2D eigenvalue weighted by Crippen LogP contribution is -2.23. The minimum atomic E-state index is -0.947. The second kappa shape index (κ2) is 8.31. The van der Waals surface area contributed by atoms with Crippen molar-refractivity contribution in [2.24, 2.45) is 0 Å². The number of thiophene rings is 1. The third-order valence-corrected chi connectivity index (χ3v) is 3.99. The molecule has 0 bridgehead atoms. The number of carbonyl (C=O) groups is 2. The molecule has 0 aliphatic rings. The highest BCUT2D eigenvalue weighted by atomic mass is 32.1. The normalized spacial score (nSPS) is 10.4. The van der Waals surface area contributed by atoms with Crippen LogP contribution in [0.2, 0.25) is 0 Å². The van der Waals surface area contributed by atoms with Crippen molar-refractivity contribution < 1.29 is 19.4 Å². The second-order valence-corrected chi connectivity index (χ2v) is 5.80. The molecule has 2 aromatic rings. The van der Waals surface area contributed by atoms with Crippen molar-refractivity contribution in [2.45, 2.75) is 19.6 Å². The predicted molar refractivity (Wildman–Crippen MR) is 83.8 cm³/mol. The first kappa shape index (κ1) is 16.2. The van der Waals surface area contributed by atoms with Crippen LogP contribution in [0.1, 0.15) is 26.5 Å². The lowest BCUT2D eigenvalue weighted by molar-refractivity contribution is -0.122. The Morgan fingerprint density at radius 3 is 2.59 bits per heavy atom. The number of rotatable bonds is 8. The first-order chi connectivity index (χ1) is 10.6. The van der Waals surface area contributed by atoms with E-state index in [0.29, 0.717) is 19.8 Å². The smallest absolute Gasteiger partial charge is 0.345 e. The zero-order chi connectivity index (χ0) is 15.8. The van der Waals surface area contributed by atoms with Gasteiger partial charge in [0.05, 0.1) is 19.8 Å². The van der Waals surface area contributed by atoms with E-state index in [9.17, 15) is 9.59 Å². The topological polar surface area (TPSA) is 75.6 Å². The van der Waals surface area contributed by atoms with E-state index in [4.69, 9.17) is 9.84 Å². The quantitative estimate of drug-likeness (QED) is 0.734. The van der Waals surface area contributed by atoms with Crippen LogP contribution in [0.15, 0.2) is 42.5 Å². The Hall–Kier alpha value is -2.18. The van der Waals surface area contributed by atoms with Gasteiger partial charge in [-0.2, -0.15) is 0 Å². The number of ether oxygens (including phenoxy) is 1. The Morgan fingerprint density at radius 1 is 1.14 bits per heavy atom. The molecular formula is C16H17NO4S. The van der Waals surface area contributed by atoms with E-state index in [1.165, 1.54) is 6.07 Å². The Morgan fingerprint density at radius 2 is 1.91 bits per heavy atom. The van der Waals surface area contributed by atoms with Crippen LogP contribution in [0.25, 0.3) is 0 Å². The van der Waals surface area contributed by atoms with Gasteiger partial charge in [-0.05, 0) is 17.7 Å². The number of aromatic carboxylic acids is 1. The molecule has 0 fully saturated rings. The molecule has 0 unspecified atom stereocenters. The molecule has 2 rings (SSSR count). The maximum absolute atomic E-state index is 11.7. The monoisotopic (exact) mass is 319 g/mol. The standard InChI is InChI=1S/C16H17NO4S/c18-15(8-9-21-11-12-4-2-1-3-5-12)17-10-13-6-7-14(22-13)16(19)20/h1-7H,8-11H2,(H,17,18)(H,19,20). The lowest BCUT2D eigenvalue weighted by Gasteiger charge is -2.05. The number of hydrogen-bond acceptors (Lipinski definition) is 4. The van der Waals surface area contributed by atoms with Crippen LogP contribution in [-0.4, -0.2) is 23.6 Å². The fraction of sp³-hybridized carbons (Fsp3) is 0.250. The van der Waals surface area contributed by atoms with E-state index in [2.05, 4.69) is 5.32 Å². The van der Waals surface area contributed by atoms with E-state index in [-0.39, 0.29) is 17.2 Å². The maximum Gasteiger partial charge on any atom is 0.345 e. The molecule has 1 aromatic heterocycles. The molecule has 1 heterocycles.